The Bertz CT molecular complexity index is 1240. The van der Waals surface area contributed by atoms with Crippen LogP contribution in [0.5, 0.6) is 5.75 Å². The lowest BCUT2D eigenvalue weighted by Crippen LogP contribution is -2.37. The van der Waals surface area contributed by atoms with Gasteiger partial charge in [0.2, 0.25) is 11.9 Å². The molecule has 4 rings (SSSR count). The fourth-order valence-corrected chi connectivity index (χ4v) is 3.06. The van der Waals surface area contributed by atoms with Gasteiger partial charge in [0.25, 0.3) is 0 Å². The molecule has 0 fully saturated rings. The molecule has 8 nitrogen and oxygen atoms in total. The molecule has 2 heterocycles. The number of amides is 1. The number of para-hydroxylation sites is 1. The van der Waals surface area contributed by atoms with Crippen LogP contribution in [-0.2, 0) is 4.79 Å². The van der Waals surface area contributed by atoms with E-state index < -0.39 is 6.04 Å². The SMILES string of the molecule is [2H]CN(C[2H])C(=O)[C@H](C)Nc1nc2ccccc2c2nc(-c3cccc(OC)c3)nn12. The number of methoxy groups -OCH3 is 1. The second-order valence-electron chi connectivity index (χ2n) is 6.60. The third-order valence-corrected chi connectivity index (χ3v) is 4.53. The summed E-state index contributed by atoms with van der Waals surface area (Å²) in [5.41, 5.74) is 2.10. The summed E-state index contributed by atoms with van der Waals surface area (Å²) >= 11 is 0. The van der Waals surface area contributed by atoms with Gasteiger partial charge in [0.1, 0.15) is 11.8 Å². The number of hydrogen-bond acceptors (Lipinski definition) is 6. The Morgan fingerprint density at radius 3 is 2.83 bits per heavy atom. The van der Waals surface area contributed by atoms with Crippen molar-refractivity contribution < 1.29 is 12.3 Å². The maximum Gasteiger partial charge on any atom is 0.244 e. The van der Waals surface area contributed by atoms with Crippen LogP contribution in [0.3, 0.4) is 0 Å². The number of rotatable bonds is 5. The van der Waals surface area contributed by atoms with Crippen LogP contribution >= 0.6 is 0 Å². The summed E-state index contributed by atoms with van der Waals surface area (Å²) in [6.45, 7) is 1.67. The number of anilines is 1. The molecule has 0 spiro atoms. The number of ether oxygens (including phenoxy) is 1. The summed E-state index contributed by atoms with van der Waals surface area (Å²) in [4.78, 5) is 23.0. The molecule has 0 aliphatic rings. The Morgan fingerprint density at radius 1 is 1.21 bits per heavy atom. The van der Waals surface area contributed by atoms with Crippen molar-refractivity contribution in [2.75, 3.05) is 26.5 Å². The number of carbonyl (C=O) groups excluding carboxylic acids is 1. The molecule has 0 radical (unpaired) electrons. The molecule has 4 aromatic rings. The van der Waals surface area contributed by atoms with E-state index in [-0.39, 0.29) is 20.0 Å². The van der Waals surface area contributed by atoms with Crippen molar-refractivity contribution >= 4 is 28.4 Å². The normalized spacial score (nSPS) is 13.0. The molecular weight excluding hydrogens is 368 g/mol. The van der Waals surface area contributed by atoms with E-state index in [0.29, 0.717) is 28.7 Å². The average Bonchev–Trinajstić information content (AvgIpc) is 3.26. The summed E-state index contributed by atoms with van der Waals surface area (Å²) in [6.07, 6.45) is 0. The first-order chi connectivity index (χ1) is 15.0. The topological polar surface area (TPSA) is 84.7 Å². The van der Waals surface area contributed by atoms with E-state index in [9.17, 15) is 4.79 Å². The highest BCUT2D eigenvalue weighted by Crippen LogP contribution is 2.26. The molecule has 8 heteroatoms. The van der Waals surface area contributed by atoms with E-state index in [2.05, 4.69) is 15.4 Å². The van der Waals surface area contributed by atoms with E-state index in [1.54, 1.807) is 18.5 Å². The number of benzene rings is 2. The standard InChI is InChI=1S/C21H22N6O2/c1-13(20(28)26(2)3)22-21-23-17-11-6-5-10-16(17)19-24-18(25-27(19)21)14-8-7-9-15(12-14)29-4/h5-13H,1-4H3,(H,22,23)/t13-/m0/s1/i2D,3D. The van der Waals surface area contributed by atoms with Crippen molar-refractivity contribution in [3.05, 3.63) is 48.5 Å². The summed E-state index contributed by atoms with van der Waals surface area (Å²) in [5, 5.41) is 8.54. The minimum absolute atomic E-state index is 0.280. The molecule has 0 saturated carbocycles. The number of nitrogens with one attached hydrogen (secondary N) is 1. The monoisotopic (exact) mass is 392 g/mol. The lowest BCUT2D eigenvalue weighted by molar-refractivity contribution is -0.129. The molecule has 0 aliphatic heterocycles. The van der Waals surface area contributed by atoms with Crippen LogP contribution in [0.15, 0.2) is 48.5 Å². The van der Waals surface area contributed by atoms with Crippen LogP contribution in [0.4, 0.5) is 5.95 Å². The number of fused-ring (bicyclic) bond motifs is 3. The van der Waals surface area contributed by atoms with Gasteiger partial charge in [0, 0.05) is 27.7 Å². The average molecular weight is 392 g/mol. The summed E-state index contributed by atoms with van der Waals surface area (Å²) < 4.78 is 21.8. The quantitative estimate of drug-likeness (QED) is 0.562. The van der Waals surface area contributed by atoms with Crippen LogP contribution in [0, 0.1) is 0 Å². The Hall–Kier alpha value is -3.68. The van der Waals surface area contributed by atoms with Gasteiger partial charge in [-0.15, -0.1) is 5.10 Å². The number of carbonyl (C=O) groups is 1. The Kier molecular flexibility index (Phi) is 4.15. The second kappa shape index (κ2) is 7.38. The Labute approximate surface area is 171 Å². The summed E-state index contributed by atoms with van der Waals surface area (Å²) in [5.74, 6) is 1.19. The molecule has 148 valence electrons. The third-order valence-electron chi connectivity index (χ3n) is 4.53. The van der Waals surface area contributed by atoms with Crippen LogP contribution in [-0.4, -0.2) is 57.6 Å². The highest BCUT2D eigenvalue weighted by Gasteiger charge is 2.19. The van der Waals surface area contributed by atoms with Crippen molar-refractivity contribution in [1.29, 1.82) is 0 Å². The van der Waals surface area contributed by atoms with E-state index in [1.807, 2.05) is 48.5 Å². The zero-order valence-electron chi connectivity index (χ0n) is 18.2. The number of nitrogens with zero attached hydrogens (tertiary/aromatic N) is 5. The van der Waals surface area contributed by atoms with Crippen molar-refractivity contribution in [3.63, 3.8) is 0 Å². The van der Waals surface area contributed by atoms with Gasteiger partial charge in [-0.2, -0.15) is 4.52 Å². The minimum Gasteiger partial charge on any atom is -0.497 e. The smallest absolute Gasteiger partial charge is 0.244 e. The molecule has 0 bridgehead atoms. The zero-order valence-corrected chi connectivity index (χ0v) is 16.2. The third kappa shape index (κ3) is 3.44. The van der Waals surface area contributed by atoms with Gasteiger partial charge in [-0.05, 0) is 31.2 Å². The molecule has 0 saturated heterocycles. The number of likely N-dealkylation sites (N-methyl/N-ethyl adjacent to an activating group) is 1. The lowest BCUT2D eigenvalue weighted by atomic mass is 10.2. The minimum atomic E-state index is -0.697. The van der Waals surface area contributed by atoms with E-state index in [0.717, 1.165) is 15.8 Å². The van der Waals surface area contributed by atoms with E-state index >= 15 is 0 Å². The van der Waals surface area contributed by atoms with E-state index in [1.165, 1.54) is 0 Å². The van der Waals surface area contributed by atoms with Crippen molar-refractivity contribution in [1.82, 2.24) is 24.5 Å². The largest absolute Gasteiger partial charge is 0.497 e. The second-order valence-corrected chi connectivity index (χ2v) is 6.60. The van der Waals surface area contributed by atoms with E-state index in [4.69, 9.17) is 12.5 Å². The van der Waals surface area contributed by atoms with Crippen molar-refractivity contribution in [2.45, 2.75) is 13.0 Å². The summed E-state index contributed by atoms with van der Waals surface area (Å²) in [6, 6.07) is 14.3. The van der Waals surface area contributed by atoms with Gasteiger partial charge in [-0.25, -0.2) is 9.97 Å². The highest BCUT2D eigenvalue weighted by atomic mass is 16.5. The molecule has 0 unspecified atom stereocenters. The fraction of sp³-hybridized carbons (Fsp3) is 0.238. The molecular formula is C21H22N6O2. The predicted octanol–water partition coefficient (Wildman–Crippen LogP) is 2.84. The molecule has 1 N–H and O–H groups in total. The Balaban J connectivity index is 1.82. The first-order valence-corrected chi connectivity index (χ1v) is 8.99. The maximum absolute atomic E-state index is 12.5. The number of aromatic nitrogens is 4. The first-order valence-electron chi connectivity index (χ1n) is 10.4. The predicted molar refractivity (Wildman–Crippen MR) is 112 cm³/mol. The van der Waals surface area contributed by atoms with Gasteiger partial charge >= 0.3 is 0 Å². The van der Waals surface area contributed by atoms with Crippen molar-refractivity contribution in [2.24, 2.45) is 0 Å². The molecule has 29 heavy (non-hydrogen) atoms. The molecule has 0 aliphatic carbocycles. The fourth-order valence-electron chi connectivity index (χ4n) is 3.06. The van der Waals surface area contributed by atoms with Crippen LogP contribution in [0.25, 0.3) is 27.9 Å². The molecule has 2 aromatic heterocycles. The maximum atomic E-state index is 12.5. The number of hydrogen-bond donors (Lipinski definition) is 1. The van der Waals surface area contributed by atoms with Gasteiger partial charge < -0.3 is 15.0 Å². The lowest BCUT2D eigenvalue weighted by Gasteiger charge is -2.18. The van der Waals surface area contributed by atoms with Gasteiger partial charge in [-0.1, -0.05) is 24.3 Å². The van der Waals surface area contributed by atoms with Gasteiger partial charge in [0.05, 0.1) is 12.6 Å². The molecule has 1 atom stereocenters. The molecule has 1 amide bonds. The molecule has 2 aromatic carbocycles. The van der Waals surface area contributed by atoms with Gasteiger partial charge in [0.15, 0.2) is 11.5 Å². The van der Waals surface area contributed by atoms with Gasteiger partial charge in [-0.3, -0.25) is 4.79 Å². The summed E-state index contributed by atoms with van der Waals surface area (Å²) in [7, 11) is 1.04. The van der Waals surface area contributed by atoms with Crippen molar-refractivity contribution in [3.8, 4) is 17.1 Å². The van der Waals surface area contributed by atoms with Crippen LogP contribution in [0.2, 0.25) is 0 Å². The van der Waals surface area contributed by atoms with Crippen LogP contribution < -0.4 is 10.1 Å². The Morgan fingerprint density at radius 2 is 2.03 bits per heavy atom. The first kappa shape index (κ1) is 16.3. The zero-order chi connectivity index (χ0) is 22.0. The van der Waals surface area contributed by atoms with Crippen LogP contribution in [0.1, 0.15) is 9.67 Å². The highest BCUT2D eigenvalue weighted by molar-refractivity contribution is 5.93.